The Morgan fingerprint density at radius 2 is 1.69 bits per heavy atom. The van der Waals surface area contributed by atoms with Crippen molar-refractivity contribution >= 4 is 5.91 Å². The van der Waals surface area contributed by atoms with Gasteiger partial charge in [0, 0.05) is 26.1 Å². The molecule has 0 unspecified atom stereocenters. The Bertz CT molecular complexity index is 692. The number of ether oxygens (including phenoxy) is 1. The van der Waals surface area contributed by atoms with E-state index in [9.17, 15) is 4.79 Å². The Morgan fingerprint density at radius 3 is 2.31 bits per heavy atom. The molecular weight excluding hydrogens is 324 g/mol. The van der Waals surface area contributed by atoms with Gasteiger partial charge in [-0.1, -0.05) is 42.5 Å². The van der Waals surface area contributed by atoms with E-state index in [0.29, 0.717) is 6.54 Å². The number of carbonyl (C=O) groups is 1. The largest absolute Gasteiger partial charge is 0.497 e. The molecule has 138 valence electrons. The van der Waals surface area contributed by atoms with E-state index < -0.39 is 0 Å². The van der Waals surface area contributed by atoms with Crippen LogP contribution in [0.5, 0.6) is 5.75 Å². The van der Waals surface area contributed by atoms with Crippen LogP contribution in [0.2, 0.25) is 0 Å². The van der Waals surface area contributed by atoms with Crippen LogP contribution in [0.15, 0.2) is 54.6 Å². The first-order valence-electron chi connectivity index (χ1n) is 9.30. The molecular formula is C22H28N2O2. The number of likely N-dealkylation sites (tertiary alicyclic amines) is 1. The molecule has 1 amide bonds. The fourth-order valence-electron chi connectivity index (χ4n) is 3.57. The van der Waals surface area contributed by atoms with E-state index in [2.05, 4.69) is 29.2 Å². The number of carbonyl (C=O) groups excluding carboxylic acids is 1. The molecule has 0 N–H and O–H groups in total. The van der Waals surface area contributed by atoms with Crippen molar-refractivity contribution in [2.24, 2.45) is 5.92 Å². The molecule has 4 nitrogen and oxygen atoms in total. The van der Waals surface area contributed by atoms with Gasteiger partial charge in [0.2, 0.25) is 5.91 Å². The monoisotopic (exact) mass is 352 g/mol. The van der Waals surface area contributed by atoms with Gasteiger partial charge >= 0.3 is 0 Å². The molecule has 0 aliphatic carbocycles. The SMILES string of the molecule is COc1ccc(CN2CCC(C(=O)N(C)Cc3ccccc3)CC2)cc1. The Kier molecular flexibility index (Phi) is 6.29. The van der Waals surface area contributed by atoms with Gasteiger partial charge in [-0.2, -0.15) is 0 Å². The topological polar surface area (TPSA) is 32.8 Å². The summed E-state index contributed by atoms with van der Waals surface area (Å²) in [6.07, 6.45) is 1.88. The molecule has 1 aliphatic heterocycles. The smallest absolute Gasteiger partial charge is 0.225 e. The van der Waals surface area contributed by atoms with Crippen molar-refractivity contribution in [1.29, 1.82) is 0 Å². The molecule has 0 radical (unpaired) electrons. The molecule has 0 spiro atoms. The second-order valence-electron chi connectivity index (χ2n) is 7.08. The van der Waals surface area contributed by atoms with E-state index in [1.807, 2.05) is 42.3 Å². The number of benzene rings is 2. The van der Waals surface area contributed by atoms with Crippen molar-refractivity contribution in [3.8, 4) is 5.75 Å². The van der Waals surface area contributed by atoms with Crippen LogP contribution in [-0.4, -0.2) is 43.0 Å². The number of hydrogen-bond donors (Lipinski definition) is 0. The lowest BCUT2D eigenvalue weighted by atomic mass is 9.95. The summed E-state index contributed by atoms with van der Waals surface area (Å²) in [5.74, 6) is 1.31. The molecule has 0 bridgehead atoms. The van der Waals surface area contributed by atoms with Gasteiger partial charge < -0.3 is 9.64 Å². The average Bonchev–Trinajstić information content (AvgIpc) is 2.69. The molecule has 1 fully saturated rings. The van der Waals surface area contributed by atoms with E-state index >= 15 is 0 Å². The predicted molar refractivity (Wildman–Crippen MR) is 104 cm³/mol. The van der Waals surface area contributed by atoms with Gasteiger partial charge in [0.25, 0.3) is 0 Å². The maximum Gasteiger partial charge on any atom is 0.225 e. The van der Waals surface area contributed by atoms with Crippen LogP contribution in [0.3, 0.4) is 0 Å². The van der Waals surface area contributed by atoms with Gasteiger partial charge in [-0.05, 0) is 49.2 Å². The maximum absolute atomic E-state index is 12.7. The minimum atomic E-state index is 0.149. The van der Waals surface area contributed by atoms with Gasteiger partial charge in [0.1, 0.15) is 5.75 Å². The zero-order chi connectivity index (χ0) is 18.4. The predicted octanol–water partition coefficient (Wildman–Crippen LogP) is 3.57. The summed E-state index contributed by atoms with van der Waals surface area (Å²) in [4.78, 5) is 17.0. The van der Waals surface area contributed by atoms with E-state index in [0.717, 1.165) is 38.2 Å². The summed E-state index contributed by atoms with van der Waals surface area (Å²) in [5.41, 5.74) is 2.47. The summed E-state index contributed by atoms with van der Waals surface area (Å²) in [5, 5.41) is 0. The molecule has 2 aromatic rings. The van der Waals surface area contributed by atoms with Crippen LogP contribution in [-0.2, 0) is 17.9 Å². The molecule has 3 rings (SSSR count). The standard InChI is InChI=1S/C22H28N2O2/c1-23(16-18-6-4-3-5-7-18)22(25)20-12-14-24(15-13-20)17-19-8-10-21(26-2)11-9-19/h3-11,20H,12-17H2,1-2H3. The van der Waals surface area contributed by atoms with Gasteiger partial charge in [0.15, 0.2) is 0 Å². The summed E-state index contributed by atoms with van der Waals surface area (Å²) in [6, 6.07) is 18.4. The van der Waals surface area contributed by atoms with E-state index in [1.165, 1.54) is 11.1 Å². The Hall–Kier alpha value is -2.33. The number of amides is 1. The Labute approximate surface area is 156 Å². The van der Waals surface area contributed by atoms with Crippen LogP contribution < -0.4 is 4.74 Å². The molecule has 0 atom stereocenters. The van der Waals surface area contributed by atoms with Gasteiger partial charge in [-0.3, -0.25) is 9.69 Å². The highest BCUT2D eigenvalue weighted by Gasteiger charge is 2.27. The summed E-state index contributed by atoms with van der Waals surface area (Å²) >= 11 is 0. The number of piperidine rings is 1. The highest BCUT2D eigenvalue weighted by atomic mass is 16.5. The summed E-state index contributed by atoms with van der Waals surface area (Å²) in [7, 11) is 3.60. The van der Waals surface area contributed by atoms with E-state index in [4.69, 9.17) is 4.74 Å². The molecule has 1 heterocycles. The number of methoxy groups -OCH3 is 1. The van der Waals surface area contributed by atoms with Gasteiger partial charge in [-0.15, -0.1) is 0 Å². The van der Waals surface area contributed by atoms with Crippen LogP contribution in [0.25, 0.3) is 0 Å². The Morgan fingerprint density at radius 1 is 1.04 bits per heavy atom. The summed E-state index contributed by atoms with van der Waals surface area (Å²) in [6.45, 7) is 3.57. The van der Waals surface area contributed by atoms with Crippen molar-refractivity contribution < 1.29 is 9.53 Å². The zero-order valence-corrected chi connectivity index (χ0v) is 15.7. The molecule has 0 aromatic heterocycles. The third-order valence-corrected chi connectivity index (χ3v) is 5.14. The fourth-order valence-corrected chi connectivity index (χ4v) is 3.57. The lowest BCUT2D eigenvalue weighted by molar-refractivity contribution is -0.136. The van der Waals surface area contributed by atoms with Crippen molar-refractivity contribution in [1.82, 2.24) is 9.80 Å². The van der Waals surface area contributed by atoms with Gasteiger partial charge in [-0.25, -0.2) is 0 Å². The molecule has 1 aliphatic rings. The van der Waals surface area contributed by atoms with Crippen molar-refractivity contribution in [3.63, 3.8) is 0 Å². The molecule has 0 saturated carbocycles. The third kappa shape index (κ3) is 4.85. The first kappa shape index (κ1) is 18.5. The normalized spacial score (nSPS) is 15.6. The quantitative estimate of drug-likeness (QED) is 0.797. The zero-order valence-electron chi connectivity index (χ0n) is 15.7. The fraction of sp³-hybridized carbons (Fsp3) is 0.409. The molecule has 2 aromatic carbocycles. The van der Waals surface area contributed by atoms with E-state index in [-0.39, 0.29) is 11.8 Å². The maximum atomic E-state index is 12.7. The van der Waals surface area contributed by atoms with Crippen LogP contribution in [0.1, 0.15) is 24.0 Å². The highest BCUT2D eigenvalue weighted by molar-refractivity contribution is 5.78. The van der Waals surface area contributed by atoms with Gasteiger partial charge in [0.05, 0.1) is 7.11 Å². The van der Waals surface area contributed by atoms with Crippen LogP contribution in [0.4, 0.5) is 0 Å². The van der Waals surface area contributed by atoms with Crippen molar-refractivity contribution in [2.45, 2.75) is 25.9 Å². The second kappa shape index (κ2) is 8.86. The number of hydrogen-bond acceptors (Lipinski definition) is 3. The minimum Gasteiger partial charge on any atom is -0.497 e. The van der Waals surface area contributed by atoms with E-state index in [1.54, 1.807) is 7.11 Å². The van der Waals surface area contributed by atoms with Crippen LogP contribution in [0, 0.1) is 5.92 Å². The lowest BCUT2D eigenvalue weighted by Gasteiger charge is -2.33. The van der Waals surface area contributed by atoms with Crippen LogP contribution >= 0.6 is 0 Å². The van der Waals surface area contributed by atoms with Crippen molar-refractivity contribution in [2.75, 3.05) is 27.2 Å². The molecule has 1 saturated heterocycles. The molecule has 4 heteroatoms. The Balaban J connectivity index is 1.47. The minimum absolute atomic E-state index is 0.149. The summed E-state index contributed by atoms with van der Waals surface area (Å²) < 4.78 is 5.21. The average molecular weight is 352 g/mol. The first-order chi connectivity index (χ1) is 12.7. The number of rotatable bonds is 6. The third-order valence-electron chi connectivity index (χ3n) is 5.14. The second-order valence-corrected chi connectivity index (χ2v) is 7.08. The van der Waals surface area contributed by atoms with Crippen molar-refractivity contribution in [3.05, 3.63) is 65.7 Å². The number of nitrogens with zero attached hydrogens (tertiary/aromatic N) is 2. The molecule has 26 heavy (non-hydrogen) atoms. The first-order valence-corrected chi connectivity index (χ1v) is 9.30. The highest BCUT2D eigenvalue weighted by Crippen LogP contribution is 2.22. The lowest BCUT2D eigenvalue weighted by Crippen LogP contribution is -2.40.